The largest absolute Gasteiger partial charge is 0.481 e. The van der Waals surface area contributed by atoms with E-state index in [1.165, 1.54) is 0 Å². The van der Waals surface area contributed by atoms with Crippen LogP contribution in [0.15, 0.2) is 18.2 Å². The van der Waals surface area contributed by atoms with Crippen LogP contribution in [0.1, 0.15) is 48.9 Å². The molecule has 0 fully saturated rings. The van der Waals surface area contributed by atoms with Gasteiger partial charge >= 0.3 is 5.97 Å². The first-order valence-corrected chi connectivity index (χ1v) is 7.71. The number of carboxylic acids is 1. The number of unbranched alkanes of at least 4 members (excludes halogenated alkanes) is 4. The molecular weight excluding hydrogens is 313 g/mol. The molecule has 1 rings (SSSR count). The highest BCUT2D eigenvalue weighted by Crippen LogP contribution is 2.20. The number of nitrogens with one attached hydrogen (secondary N) is 1. The van der Waals surface area contributed by atoms with Crippen LogP contribution in [0.2, 0.25) is 10.0 Å². The van der Waals surface area contributed by atoms with Crippen LogP contribution in [-0.2, 0) is 4.79 Å². The smallest absolute Gasteiger partial charge is 0.303 e. The number of aliphatic carboxylic acids is 1. The van der Waals surface area contributed by atoms with Crippen LogP contribution in [0.25, 0.3) is 0 Å². The van der Waals surface area contributed by atoms with E-state index >= 15 is 0 Å². The summed E-state index contributed by atoms with van der Waals surface area (Å²) < 4.78 is 0. The molecular formula is C15H19Cl2NO3. The third kappa shape index (κ3) is 7.34. The fourth-order valence-electron chi connectivity index (χ4n) is 1.90. The number of carbonyl (C=O) groups excluding carboxylic acids is 1. The highest BCUT2D eigenvalue weighted by atomic mass is 35.5. The molecule has 1 amide bonds. The average molecular weight is 332 g/mol. The lowest BCUT2D eigenvalue weighted by Crippen LogP contribution is -2.24. The van der Waals surface area contributed by atoms with Crippen LogP contribution in [0, 0.1) is 0 Å². The molecule has 0 heterocycles. The molecule has 2 N–H and O–H groups in total. The average Bonchev–Trinajstić information content (AvgIpc) is 2.43. The number of hydrogen-bond donors (Lipinski definition) is 2. The van der Waals surface area contributed by atoms with E-state index in [1.54, 1.807) is 18.2 Å². The number of halogens is 2. The summed E-state index contributed by atoms with van der Waals surface area (Å²) >= 11 is 11.8. The zero-order chi connectivity index (χ0) is 15.7. The topological polar surface area (TPSA) is 66.4 Å². The van der Waals surface area contributed by atoms with E-state index in [2.05, 4.69) is 5.32 Å². The van der Waals surface area contributed by atoms with Crippen LogP contribution in [0.3, 0.4) is 0 Å². The summed E-state index contributed by atoms with van der Waals surface area (Å²) in [5, 5.41) is 12.2. The van der Waals surface area contributed by atoms with Gasteiger partial charge in [0.05, 0.1) is 10.6 Å². The minimum absolute atomic E-state index is 0.226. The lowest BCUT2D eigenvalue weighted by molar-refractivity contribution is -0.137. The maximum absolute atomic E-state index is 11.9. The minimum atomic E-state index is -0.749. The van der Waals surface area contributed by atoms with E-state index in [0.29, 0.717) is 28.6 Å². The van der Waals surface area contributed by atoms with Crippen molar-refractivity contribution in [3.63, 3.8) is 0 Å². The maximum atomic E-state index is 11.9. The summed E-state index contributed by atoms with van der Waals surface area (Å²) in [6, 6.07) is 4.78. The lowest BCUT2D eigenvalue weighted by atomic mass is 10.1. The van der Waals surface area contributed by atoms with Crippen molar-refractivity contribution >= 4 is 35.1 Å². The third-order valence-electron chi connectivity index (χ3n) is 3.03. The Morgan fingerprint density at radius 1 is 1.05 bits per heavy atom. The van der Waals surface area contributed by atoms with Gasteiger partial charge in [-0.15, -0.1) is 0 Å². The van der Waals surface area contributed by atoms with Gasteiger partial charge in [-0.2, -0.15) is 0 Å². The molecule has 4 nitrogen and oxygen atoms in total. The standard InChI is InChI=1S/C15H19Cl2NO3/c16-11-7-8-13(17)12(10-11)15(21)18-9-5-3-1-2-4-6-14(19)20/h7-8,10H,1-6,9H2,(H,18,21)(H,19,20). The van der Waals surface area contributed by atoms with Gasteiger partial charge < -0.3 is 10.4 Å². The molecule has 116 valence electrons. The monoisotopic (exact) mass is 331 g/mol. The fraction of sp³-hybridized carbons (Fsp3) is 0.467. The molecule has 0 unspecified atom stereocenters. The molecule has 0 aromatic heterocycles. The predicted molar refractivity (Wildman–Crippen MR) is 84.1 cm³/mol. The molecule has 0 saturated carbocycles. The van der Waals surface area contributed by atoms with Crippen LogP contribution < -0.4 is 5.32 Å². The molecule has 21 heavy (non-hydrogen) atoms. The Morgan fingerprint density at radius 2 is 1.71 bits per heavy atom. The van der Waals surface area contributed by atoms with Crippen molar-refractivity contribution in [3.05, 3.63) is 33.8 Å². The summed E-state index contributed by atoms with van der Waals surface area (Å²) in [7, 11) is 0. The molecule has 0 bridgehead atoms. The summed E-state index contributed by atoms with van der Waals surface area (Å²) in [6.07, 6.45) is 4.63. The Labute approximate surface area is 134 Å². The van der Waals surface area contributed by atoms with Crippen LogP contribution in [0.5, 0.6) is 0 Å². The molecule has 1 aromatic rings. The van der Waals surface area contributed by atoms with Crippen LogP contribution >= 0.6 is 23.2 Å². The zero-order valence-corrected chi connectivity index (χ0v) is 13.2. The Bertz CT molecular complexity index is 492. The highest BCUT2D eigenvalue weighted by Gasteiger charge is 2.10. The second-order valence-corrected chi connectivity index (χ2v) is 5.64. The van der Waals surface area contributed by atoms with Crippen LogP contribution in [0.4, 0.5) is 0 Å². The maximum Gasteiger partial charge on any atom is 0.303 e. The lowest BCUT2D eigenvalue weighted by Gasteiger charge is -2.07. The molecule has 1 aromatic carbocycles. The van der Waals surface area contributed by atoms with E-state index in [4.69, 9.17) is 28.3 Å². The zero-order valence-electron chi connectivity index (χ0n) is 11.7. The third-order valence-corrected chi connectivity index (χ3v) is 3.59. The molecule has 6 heteroatoms. The SMILES string of the molecule is O=C(O)CCCCCCCNC(=O)c1cc(Cl)ccc1Cl. The van der Waals surface area contributed by atoms with E-state index in [0.717, 1.165) is 25.7 Å². The second kappa shape index (κ2) is 9.64. The molecule has 0 aliphatic heterocycles. The molecule has 0 radical (unpaired) electrons. The van der Waals surface area contributed by atoms with E-state index < -0.39 is 5.97 Å². The quantitative estimate of drug-likeness (QED) is 0.668. The van der Waals surface area contributed by atoms with Crippen molar-refractivity contribution in [2.75, 3.05) is 6.54 Å². The first-order valence-electron chi connectivity index (χ1n) is 6.95. The summed E-state index contributed by atoms with van der Waals surface area (Å²) in [5.41, 5.74) is 0.380. The molecule has 0 spiro atoms. The number of hydrogen-bond acceptors (Lipinski definition) is 2. The molecule has 0 aliphatic rings. The van der Waals surface area contributed by atoms with Gasteiger partial charge in [0.25, 0.3) is 5.91 Å². The van der Waals surface area contributed by atoms with E-state index in [1.807, 2.05) is 0 Å². The Kier molecular flexibility index (Phi) is 8.16. The van der Waals surface area contributed by atoms with Gasteiger partial charge in [-0.1, -0.05) is 42.5 Å². The van der Waals surface area contributed by atoms with Gasteiger partial charge in [-0.3, -0.25) is 9.59 Å². The van der Waals surface area contributed by atoms with Crippen molar-refractivity contribution in [2.45, 2.75) is 38.5 Å². The van der Waals surface area contributed by atoms with Gasteiger partial charge in [0, 0.05) is 18.0 Å². The number of carbonyl (C=O) groups is 2. The second-order valence-electron chi connectivity index (χ2n) is 4.79. The Morgan fingerprint density at radius 3 is 2.43 bits per heavy atom. The van der Waals surface area contributed by atoms with Gasteiger partial charge in [-0.25, -0.2) is 0 Å². The van der Waals surface area contributed by atoms with Gasteiger partial charge in [0.1, 0.15) is 0 Å². The molecule has 0 aliphatic carbocycles. The first-order chi connectivity index (χ1) is 10.0. The summed E-state index contributed by atoms with van der Waals surface area (Å²) in [5.74, 6) is -0.978. The number of carboxylic acid groups (broad SMARTS) is 1. The number of benzene rings is 1. The highest BCUT2D eigenvalue weighted by molar-refractivity contribution is 6.35. The Hall–Kier alpha value is -1.26. The van der Waals surface area contributed by atoms with Crippen molar-refractivity contribution in [1.29, 1.82) is 0 Å². The van der Waals surface area contributed by atoms with Gasteiger partial charge in [-0.05, 0) is 31.0 Å². The van der Waals surface area contributed by atoms with Crippen molar-refractivity contribution in [2.24, 2.45) is 0 Å². The summed E-state index contributed by atoms with van der Waals surface area (Å²) in [4.78, 5) is 22.2. The van der Waals surface area contributed by atoms with Crippen molar-refractivity contribution in [1.82, 2.24) is 5.32 Å². The van der Waals surface area contributed by atoms with Crippen LogP contribution in [-0.4, -0.2) is 23.5 Å². The fourth-order valence-corrected chi connectivity index (χ4v) is 2.28. The summed E-state index contributed by atoms with van der Waals surface area (Å²) in [6.45, 7) is 0.570. The number of amides is 1. The normalized spacial score (nSPS) is 10.4. The molecule has 0 atom stereocenters. The predicted octanol–water partition coefficient (Wildman–Crippen LogP) is 4.15. The van der Waals surface area contributed by atoms with Gasteiger partial charge in [0.15, 0.2) is 0 Å². The van der Waals surface area contributed by atoms with Gasteiger partial charge in [0.2, 0.25) is 0 Å². The van der Waals surface area contributed by atoms with E-state index in [-0.39, 0.29) is 12.3 Å². The van der Waals surface area contributed by atoms with Crippen molar-refractivity contribution < 1.29 is 14.7 Å². The first kappa shape index (κ1) is 17.8. The number of rotatable bonds is 9. The Balaban J connectivity index is 2.16. The van der Waals surface area contributed by atoms with Crippen molar-refractivity contribution in [3.8, 4) is 0 Å². The minimum Gasteiger partial charge on any atom is -0.481 e. The van der Waals surface area contributed by atoms with E-state index in [9.17, 15) is 9.59 Å². The molecule has 0 saturated heterocycles.